The number of likely N-dealkylation sites (tertiary alicyclic amines) is 1. The largest absolute Gasteiger partial charge is 0.493 e. The van der Waals surface area contributed by atoms with E-state index < -0.39 is 0 Å². The van der Waals surface area contributed by atoms with E-state index in [9.17, 15) is 4.79 Å². The van der Waals surface area contributed by atoms with Crippen LogP contribution >= 0.6 is 0 Å². The third-order valence-electron chi connectivity index (χ3n) is 5.61. The summed E-state index contributed by atoms with van der Waals surface area (Å²) in [5, 5.41) is 14.4. The van der Waals surface area contributed by atoms with Crippen LogP contribution in [0, 0.1) is 0 Å². The molecule has 33 heavy (non-hydrogen) atoms. The molecule has 2 N–H and O–H groups in total. The third kappa shape index (κ3) is 6.32. The fraction of sp³-hybridized carbons (Fsp3) is 0.400. The minimum Gasteiger partial charge on any atom is -0.493 e. The second kappa shape index (κ2) is 11.5. The first kappa shape index (κ1) is 22.8. The van der Waals surface area contributed by atoms with Crippen LogP contribution in [0.3, 0.4) is 0 Å². The van der Waals surface area contributed by atoms with Crippen LogP contribution in [0.4, 0.5) is 11.7 Å². The maximum absolute atomic E-state index is 12.5. The number of hydrogen-bond donors (Lipinski definition) is 2. The van der Waals surface area contributed by atoms with Gasteiger partial charge in [0.1, 0.15) is 5.75 Å². The molecule has 1 amide bonds. The van der Waals surface area contributed by atoms with E-state index >= 15 is 0 Å². The van der Waals surface area contributed by atoms with Crippen molar-refractivity contribution in [3.8, 4) is 17.2 Å². The molecule has 0 radical (unpaired) electrons. The molecule has 0 atom stereocenters. The molecule has 1 aromatic heterocycles. The molecule has 0 unspecified atom stereocenters. The molecule has 0 spiro atoms. The highest BCUT2D eigenvalue weighted by Crippen LogP contribution is 2.33. The highest BCUT2D eigenvalue weighted by Gasteiger charge is 2.16. The summed E-state index contributed by atoms with van der Waals surface area (Å²) in [5.74, 6) is 0.765. The minimum atomic E-state index is -0.181. The van der Waals surface area contributed by atoms with E-state index in [0.717, 1.165) is 19.5 Å². The number of nitrogens with one attached hydrogen (secondary N) is 2. The van der Waals surface area contributed by atoms with E-state index in [-0.39, 0.29) is 5.91 Å². The standard InChI is InChI=1S/C25H31N5O3/c1-2-32-22-18-20(27-23(31)19-10-5-3-6-11-19)12-13-21(22)24-28-29-25(33-24)26-14-9-17-30-15-7-4-8-16-30/h3,5-6,10-13,18H,2,4,7-9,14-17H2,1H3,(H,26,29)(H,27,31). The number of carbonyl (C=O) groups is 1. The quantitative estimate of drug-likeness (QED) is 0.434. The van der Waals surface area contributed by atoms with Crippen molar-refractivity contribution in [2.45, 2.75) is 32.6 Å². The van der Waals surface area contributed by atoms with Crippen LogP contribution in [0.25, 0.3) is 11.5 Å². The first-order chi connectivity index (χ1) is 16.2. The first-order valence-corrected chi connectivity index (χ1v) is 11.7. The van der Waals surface area contributed by atoms with Crippen LogP contribution in [-0.2, 0) is 0 Å². The van der Waals surface area contributed by atoms with Crippen LogP contribution in [-0.4, -0.2) is 53.8 Å². The Morgan fingerprint density at radius 1 is 1.09 bits per heavy atom. The summed E-state index contributed by atoms with van der Waals surface area (Å²) in [6.45, 7) is 6.64. The van der Waals surface area contributed by atoms with E-state index in [1.165, 1.54) is 32.4 Å². The van der Waals surface area contributed by atoms with Gasteiger partial charge in [0.05, 0.1) is 12.2 Å². The molecule has 1 aliphatic rings. The summed E-state index contributed by atoms with van der Waals surface area (Å²) >= 11 is 0. The van der Waals surface area contributed by atoms with Crippen LogP contribution in [0.2, 0.25) is 0 Å². The summed E-state index contributed by atoms with van der Waals surface area (Å²) in [5.41, 5.74) is 1.91. The Hall–Kier alpha value is -3.39. The van der Waals surface area contributed by atoms with Crippen molar-refractivity contribution in [2.75, 3.05) is 43.4 Å². The van der Waals surface area contributed by atoms with Gasteiger partial charge < -0.3 is 24.7 Å². The predicted molar refractivity (Wildman–Crippen MR) is 129 cm³/mol. The maximum atomic E-state index is 12.5. The summed E-state index contributed by atoms with van der Waals surface area (Å²) in [6, 6.07) is 14.9. The zero-order valence-corrected chi connectivity index (χ0v) is 19.0. The van der Waals surface area contributed by atoms with Crippen LogP contribution in [0.15, 0.2) is 52.9 Å². The molecule has 0 aliphatic carbocycles. The van der Waals surface area contributed by atoms with Crippen molar-refractivity contribution >= 4 is 17.6 Å². The normalized spacial score (nSPS) is 14.1. The van der Waals surface area contributed by atoms with E-state index in [1.807, 2.05) is 31.2 Å². The lowest BCUT2D eigenvalue weighted by Gasteiger charge is -2.26. The van der Waals surface area contributed by atoms with Gasteiger partial charge in [-0.2, -0.15) is 0 Å². The Kier molecular flexibility index (Phi) is 7.92. The average molecular weight is 450 g/mol. The Morgan fingerprint density at radius 2 is 1.91 bits per heavy atom. The van der Waals surface area contributed by atoms with E-state index in [4.69, 9.17) is 9.15 Å². The second-order valence-corrected chi connectivity index (χ2v) is 8.06. The van der Waals surface area contributed by atoms with Gasteiger partial charge in [0.25, 0.3) is 11.8 Å². The van der Waals surface area contributed by atoms with Crippen molar-refractivity contribution in [3.05, 3.63) is 54.1 Å². The summed E-state index contributed by atoms with van der Waals surface area (Å²) in [4.78, 5) is 15.0. The second-order valence-electron chi connectivity index (χ2n) is 8.06. The number of rotatable bonds is 10. The monoisotopic (exact) mass is 449 g/mol. The van der Waals surface area contributed by atoms with Gasteiger partial charge in [-0.15, -0.1) is 5.10 Å². The summed E-state index contributed by atoms with van der Waals surface area (Å²) < 4.78 is 11.6. The molecule has 1 saturated heterocycles. The highest BCUT2D eigenvalue weighted by atomic mass is 16.5. The molecule has 0 bridgehead atoms. The first-order valence-electron chi connectivity index (χ1n) is 11.7. The van der Waals surface area contributed by atoms with Crippen LogP contribution in [0.5, 0.6) is 5.75 Å². The number of aromatic nitrogens is 2. The zero-order valence-electron chi connectivity index (χ0n) is 19.0. The Bertz CT molecular complexity index is 1030. The van der Waals surface area contributed by atoms with Gasteiger partial charge in [-0.3, -0.25) is 4.79 Å². The Morgan fingerprint density at radius 3 is 2.70 bits per heavy atom. The van der Waals surface area contributed by atoms with Crippen molar-refractivity contribution in [1.82, 2.24) is 15.1 Å². The summed E-state index contributed by atoms with van der Waals surface area (Å²) in [6.07, 6.45) is 4.98. The lowest BCUT2D eigenvalue weighted by atomic mass is 10.1. The molecular weight excluding hydrogens is 418 g/mol. The fourth-order valence-corrected chi connectivity index (χ4v) is 3.93. The van der Waals surface area contributed by atoms with E-state index in [2.05, 4.69) is 25.7 Å². The lowest BCUT2D eigenvalue weighted by Crippen LogP contribution is -2.31. The zero-order chi connectivity index (χ0) is 22.9. The molecule has 2 heterocycles. The van der Waals surface area contributed by atoms with Crippen LogP contribution < -0.4 is 15.4 Å². The van der Waals surface area contributed by atoms with E-state index in [1.54, 1.807) is 24.3 Å². The average Bonchev–Trinajstić information content (AvgIpc) is 3.32. The highest BCUT2D eigenvalue weighted by molar-refractivity contribution is 6.04. The maximum Gasteiger partial charge on any atom is 0.315 e. The van der Waals surface area contributed by atoms with Crippen molar-refractivity contribution in [3.63, 3.8) is 0 Å². The topological polar surface area (TPSA) is 92.5 Å². The molecule has 8 heteroatoms. The van der Waals surface area contributed by atoms with Gasteiger partial charge in [-0.25, -0.2) is 0 Å². The Balaban J connectivity index is 1.37. The molecule has 1 aliphatic heterocycles. The van der Waals surface area contributed by atoms with Crippen molar-refractivity contribution in [1.29, 1.82) is 0 Å². The smallest absolute Gasteiger partial charge is 0.315 e. The molecule has 2 aromatic carbocycles. The number of piperidine rings is 1. The molecular formula is C25H31N5O3. The molecule has 4 rings (SSSR count). The predicted octanol–water partition coefficient (Wildman–Crippen LogP) is 4.68. The summed E-state index contributed by atoms with van der Waals surface area (Å²) in [7, 11) is 0. The Labute approximate surface area is 194 Å². The SMILES string of the molecule is CCOc1cc(NC(=O)c2ccccc2)ccc1-c1nnc(NCCCN2CCCCC2)o1. The van der Waals surface area contributed by atoms with Crippen molar-refractivity contribution < 1.29 is 13.9 Å². The van der Waals surface area contributed by atoms with Crippen molar-refractivity contribution in [2.24, 2.45) is 0 Å². The number of ether oxygens (including phenoxy) is 1. The molecule has 3 aromatic rings. The van der Waals surface area contributed by atoms with Gasteiger partial charge in [-0.05, 0) is 70.1 Å². The number of nitrogens with zero attached hydrogens (tertiary/aromatic N) is 3. The van der Waals surface area contributed by atoms with Crippen LogP contribution in [0.1, 0.15) is 43.0 Å². The number of benzene rings is 2. The molecule has 1 fully saturated rings. The number of hydrogen-bond acceptors (Lipinski definition) is 7. The minimum absolute atomic E-state index is 0.181. The number of carbonyl (C=O) groups excluding carboxylic acids is 1. The molecule has 174 valence electrons. The van der Waals surface area contributed by atoms with Gasteiger partial charge in [0, 0.05) is 23.9 Å². The van der Waals surface area contributed by atoms with Gasteiger partial charge >= 0.3 is 6.01 Å². The number of anilines is 2. The lowest BCUT2D eigenvalue weighted by molar-refractivity contribution is 0.102. The van der Waals surface area contributed by atoms with Gasteiger partial charge in [0.2, 0.25) is 0 Å². The third-order valence-corrected chi connectivity index (χ3v) is 5.61. The fourth-order valence-electron chi connectivity index (χ4n) is 3.93. The van der Waals surface area contributed by atoms with Gasteiger partial charge in [-0.1, -0.05) is 29.7 Å². The molecule has 0 saturated carbocycles. The van der Waals surface area contributed by atoms with E-state index in [0.29, 0.717) is 41.1 Å². The molecule has 8 nitrogen and oxygen atoms in total. The van der Waals surface area contributed by atoms with Gasteiger partial charge in [0.15, 0.2) is 0 Å². The number of amides is 1.